The van der Waals surface area contributed by atoms with Crippen molar-refractivity contribution in [3.05, 3.63) is 72.0 Å². The number of H-pyrrole nitrogens is 1. The molecule has 1 aliphatic rings. The lowest BCUT2D eigenvalue weighted by molar-refractivity contribution is 0.0786. The fourth-order valence-corrected chi connectivity index (χ4v) is 4.82. The molecule has 0 spiro atoms. The van der Waals surface area contributed by atoms with Gasteiger partial charge in [-0.15, -0.1) is 11.3 Å². The summed E-state index contributed by atoms with van der Waals surface area (Å²) in [7, 11) is 0. The number of nitrogens with one attached hydrogen (secondary N) is 1. The smallest absolute Gasteiger partial charge is 0.156 e. The first-order valence-corrected chi connectivity index (χ1v) is 10.2. The molecule has 0 saturated carbocycles. The first kappa shape index (κ1) is 16.6. The Bertz CT molecular complexity index is 1350. The van der Waals surface area contributed by atoms with Crippen LogP contribution in [0.4, 0.5) is 0 Å². The monoisotopic (exact) mass is 400 g/mol. The van der Waals surface area contributed by atoms with Crippen molar-refractivity contribution >= 4 is 22.5 Å². The normalized spacial score (nSPS) is 18.4. The molecule has 8 heteroatoms. The molecule has 5 heterocycles. The van der Waals surface area contributed by atoms with E-state index in [1.165, 1.54) is 0 Å². The van der Waals surface area contributed by atoms with E-state index < -0.39 is 5.60 Å². The highest BCUT2D eigenvalue weighted by Crippen LogP contribution is 2.39. The average molecular weight is 400 g/mol. The highest BCUT2D eigenvalue weighted by molar-refractivity contribution is 7.13. The lowest BCUT2D eigenvalue weighted by atomic mass is 9.90. The Labute approximate surface area is 169 Å². The van der Waals surface area contributed by atoms with Gasteiger partial charge >= 0.3 is 0 Å². The van der Waals surface area contributed by atoms with Crippen LogP contribution in [-0.2, 0) is 12.1 Å². The van der Waals surface area contributed by atoms with Gasteiger partial charge in [0.05, 0.1) is 5.69 Å². The van der Waals surface area contributed by atoms with Gasteiger partial charge in [0.2, 0.25) is 0 Å². The van der Waals surface area contributed by atoms with E-state index >= 15 is 0 Å². The summed E-state index contributed by atoms with van der Waals surface area (Å²) in [4.78, 5) is 21.1. The van der Waals surface area contributed by atoms with Gasteiger partial charge in [0.1, 0.15) is 21.9 Å². The number of aromatic nitrogens is 6. The highest BCUT2D eigenvalue weighted by Gasteiger charge is 2.40. The maximum Gasteiger partial charge on any atom is 0.156 e. The molecule has 1 aromatic carbocycles. The minimum atomic E-state index is -1.06. The number of thiazole rings is 1. The molecule has 0 unspecified atom stereocenters. The number of imidazole rings is 1. The fraction of sp³-hybridized carbons (Fsp3) is 0.143. The van der Waals surface area contributed by atoms with Crippen molar-refractivity contribution in [2.24, 2.45) is 0 Å². The molecule has 1 atom stereocenters. The molecule has 29 heavy (non-hydrogen) atoms. The molecule has 7 nitrogen and oxygen atoms in total. The zero-order valence-electron chi connectivity index (χ0n) is 15.3. The Balaban J connectivity index is 1.40. The summed E-state index contributed by atoms with van der Waals surface area (Å²) in [6.45, 7) is 0.763. The van der Waals surface area contributed by atoms with Crippen LogP contribution in [0.5, 0.6) is 0 Å². The summed E-state index contributed by atoms with van der Waals surface area (Å²) >= 11 is 1.57. The third-order valence-electron chi connectivity index (χ3n) is 5.47. The van der Waals surface area contributed by atoms with Gasteiger partial charge in [-0.05, 0) is 11.6 Å². The zero-order chi connectivity index (χ0) is 19.4. The molecular formula is C21H16N6OS. The first-order valence-electron chi connectivity index (χ1n) is 9.31. The van der Waals surface area contributed by atoms with Gasteiger partial charge in [-0.2, -0.15) is 0 Å². The van der Waals surface area contributed by atoms with Crippen LogP contribution in [-0.4, -0.2) is 34.6 Å². The number of hydrogen-bond acceptors (Lipinski definition) is 6. The molecule has 1 aliphatic heterocycles. The van der Waals surface area contributed by atoms with Crippen molar-refractivity contribution in [1.82, 2.24) is 29.5 Å². The highest BCUT2D eigenvalue weighted by atomic mass is 32.1. The van der Waals surface area contributed by atoms with E-state index in [0.29, 0.717) is 12.2 Å². The summed E-state index contributed by atoms with van der Waals surface area (Å²) < 4.78 is 2.01. The molecule has 2 N–H and O–H groups in total. The predicted molar refractivity (Wildman–Crippen MR) is 110 cm³/mol. The second-order valence-corrected chi connectivity index (χ2v) is 7.99. The second-order valence-electron chi connectivity index (χ2n) is 7.13. The van der Waals surface area contributed by atoms with Crippen LogP contribution in [0.3, 0.4) is 0 Å². The lowest BCUT2D eigenvalue weighted by Gasteiger charge is -2.22. The van der Waals surface area contributed by atoms with Gasteiger partial charge < -0.3 is 14.7 Å². The van der Waals surface area contributed by atoms with Crippen LogP contribution >= 0.6 is 11.3 Å². The zero-order valence-corrected chi connectivity index (χ0v) is 16.1. The molecule has 0 amide bonds. The molecule has 5 aromatic rings. The topological polar surface area (TPSA) is 92.5 Å². The van der Waals surface area contributed by atoms with E-state index in [9.17, 15) is 5.11 Å². The first-order chi connectivity index (χ1) is 14.2. The Kier molecular flexibility index (Phi) is 3.47. The van der Waals surface area contributed by atoms with E-state index in [1.54, 1.807) is 29.9 Å². The van der Waals surface area contributed by atoms with E-state index in [-0.39, 0.29) is 0 Å². The van der Waals surface area contributed by atoms with Gasteiger partial charge in [0, 0.05) is 60.5 Å². The molecule has 0 bridgehead atoms. The van der Waals surface area contributed by atoms with Crippen molar-refractivity contribution < 1.29 is 5.11 Å². The van der Waals surface area contributed by atoms with Gasteiger partial charge in [-0.25, -0.2) is 15.0 Å². The minimum Gasteiger partial charge on any atom is -0.377 e. The van der Waals surface area contributed by atoms with E-state index in [2.05, 4.69) is 19.9 Å². The summed E-state index contributed by atoms with van der Waals surface area (Å²) in [6, 6.07) is 7.96. The van der Waals surface area contributed by atoms with Crippen LogP contribution < -0.4 is 0 Å². The van der Waals surface area contributed by atoms with Gasteiger partial charge in [-0.1, -0.05) is 18.2 Å². The van der Waals surface area contributed by atoms with Gasteiger partial charge in [-0.3, -0.25) is 4.98 Å². The molecule has 0 saturated heterocycles. The molecule has 6 rings (SSSR count). The van der Waals surface area contributed by atoms with Crippen molar-refractivity contribution in [2.75, 3.05) is 0 Å². The van der Waals surface area contributed by atoms with E-state index in [1.807, 2.05) is 46.6 Å². The number of hydrogen-bond donors (Lipinski definition) is 2. The molecular weight excluding hydrogens is 384 g/mol. The fourth-order valence-electron chi connectivity index (χ4n) is 4.01. The van der Waals surface area contributed by atoms with Crippen LogP contribution in [0.15, 0.2) is 60.6 Å². The summed E-state index contributed by atoms with van der Waals surface area (Å²) in [5.74, 6) is 0.701. The molecule has 4 aromatic heterocycles. The Morgan fingerprint density at radius 3 is 3.03 bits per heavy atom. The number of fused-ring (bicyclic) bond motifs is 2. The van der Waals surface area contributed by atoms with Gasteiger partial charge in [0.15, 0.2) is 5.65 Å². The molecule has 142 valence electrons. The van der Waals surface area contributed by atoms with E-state index in [4.69, 9.17) is 4.98 Å². The van der Waals surface area contributed by atoms with Crippen molar-refractivity contribution in [3.8, 4) is 21.8 Å². The number of aliphatic hydroxyl groups is 1. The SMILES string of the molecule is O[C@]1(c2cccc(-c3nc(-c4c[nH]c5nccnc45)cs3)c2)CCn2ccnc21. The molecule has 0 aliphatic carbocycles. The second kappa shape index (κ2) is 6.07. The van der Waals surface area contributed by atoms with Crippen molar-refractivity contribution in [3.63, 3.8) is 0 Å². The van der Waals surface area contributed by atoms with Crippen molar-refractivity contribution in [2.45, 2.75) is 18.6 Å². The third-order valence-corrected chi connectivity index (χ3v) is 6.37. The number of aromatic amines is 1. The average Bonchev–Trinajstić information content (AvgIpc) is 3.53. The molecule has 0 radical (unpaired) electrons. The van der Waals surface area contributed by atoms with Crippen LogP contribution in [0.1, 0.15) is 17.8 Å². The Morgan fingerprint density at radius 1 is 1.14 bits per heavy atom. The maximum atomic E-state index is 11.3. The number of aryl methyl sites for hydroxylation is 1. The van der Waals surface area contributed by atoms with E-state index in [0.717, 1.165) is 45.1 Å². The third kappa shape index (κ3) is 2.46. The standard InChI is InChI=1S/C21H16N6OS/c28-21(4-8-27-9-7-24-20(21)27)14-3-1-2-13(10-14)19-26-16(12-29-19)15-11-25-18-17(15)22-5-6-23-18/h1-3,5-7,9-12,28H,4,8H2,(H,23,25)/t21-/m0/s1. The van der Waals surface area contributed by atoms with Crippen LogP contribution in [0, 0.1) is 0 Å². The number of nitrogens with zero attached hydrogens (tertiary/aromatic N) is 5. The lowest BCUT2D eigenvalue weighted by Crippen LogP contribution is -2.25. The number of benzene rings is 1. The quantitative estimate of drug-likeness (QED) is 0.483. The van der Waals surface area contributed by atoms with Crippen molar-refractivity contribution in [1.29, 1.82) is 0 Å². The van der Waals surface area contributed by atoms with Crippen LogP contribution in [0.2, 0.25) is 0 Å². The van der Waals surface area contributed by atoms with Crippen LogP contribution in [0.25, 0.3) is 33.0 Å². The summed E-state index contributed by atoms with van der Waals surface area (Å²) in [5, 5.41) is 14.2. The summed E-state index contributed by atoms with van der Waals surface area (Å²) in [6.07, 6.45) is 9.51. The maximum absolute atomic E-state index is 11.3. The molecule has 0 fully saturated rings. The van der Waals surface area contributed by atoms with Gasteiger partial charge in [0.25, 0.3) is 0 Å². The Hall–Kier alpha value is -3.36. The predicted octanol–water partition coefficient (Wildman–Crippen LogP) is 3.58. The largest absolute Gasteiger partial charge is 0.377 e. The summed E-state index contributed by atoms with van der Waals surface area (Å²) in [5.41, 5.74) is 4.10. The minimum absolute atomic E-state index is 0.622. The number of rotatable bonds is 3. The Morgan fingerprint density at radius 2 is 2.07 bits per heavy atom.